The Balaban J connectivity index is 1.82. The van der Waals surface area contributed by atoms with Crippen LogP contribution in [0, 0.1) is 27.7 Å². The molecule has 0 aliphatic heterocycles. The molecule has 0 unspecified atom stereocenters. The lowest BCUT2D eigenvalue weighted by atomic mass is 10.2. The van der Waals surface area contributed by atoms with E-state index in [0.717, 1.165) is 22.3 Å². The van der Waals surface area contributed by atoms with E-state index in [9.17, 15) is 0 Å². The molecule has 202 valence electrons. The maximum Gasteiger partial charge on any atom is 0.623 e. The molecule has 4 aromatic carbocycles. The van der Waals surface area contributed by atoms with Crippen LogP contribution in [0.1, 0.15) is 22.3 Å². The van der Waals surface area contributed by atoms with Crippen LogP contribution in [0.4, 0.5) is 0 Å². The molecule has 0 aromatic heterocycles. The van der Waals surface area contributed by atoms with Crippen LogP contribution in [0.3, 0.4) is 0 Å². The quantitative estimate of drug-likeness (QED) is 0.152. The first-order valence-electron chi connectivity index (χ1n) is 12.2. The Labute approximate surface area is 232 Å². The van der Waals surface area contributed by atoms with E-state index in [1.54, 1.807) is 0 Å². The van der Waals surface area contributed by atoms with Crippen molar-refractivity contribution in [1.29, 1.82) is 0 Å². The summed E-state index contributed by atoms with van der Waals surface area (Å²) in [6.07, 6.45) is 0. The first-order valence-corrected chi connectivity index (χ1v) is 16.4. The highest BCUT2D eigenvalue weighted by atomic mass is 31.3. The van der Waals surface area contributed by atoms with E-state index in [1.165, 1.54) is 0 Å². The Morgan fingerprint density at radius 2 is 0.923 bits per heavy atom. The number of benzene rings is 4. The van der Waals surface area contributed by atoms with Gasteiger partial charge < -0.3 is 9.05 Å². The van der Waals surface area contributed by atoms with E-state index < -0.39 is 24.6 Å². The number of nitrogens with two attached hydrogens (primary N) is 2. The summed E-state index contributed by atoms with van der Waals surface area (Å²) in [7, 11) is -7.20. The molecule has 0 saturated heterocycles. The molecule has 0 aliphatic carbocycles. The van der Waals surface area contributed by atoms with Gasteiger partial charge in [-0.2, -0.15) is 0 Å². The van der Waals surface area contributed by atoms with Crippen molar-refractivity contribution >= 4 is 24.6 Å². The van der Waals surface area contributed by atoms with E-state index in [2.05, 4.69) is 9.37 Å². The molecule has 4 aromatic rings. The van der Waals surface area contributed by atoms with Crippen molar-refractivity contribution in [2.24, 2.45) is 15.5 Å². The van der Waals surface area contributed by atoms with Crippen LogP contribution in [0.15, 0.2) is 102 Å². The SMILES string of the molecule is Cc1ccccc1OP(N[P+](N=[P+](N)N)(Oc1ccccc1C)Oc1ccccc1C)Oc1ccccc1C. The van der Waals surface area contributed by atoms with Crippen molar-refractivity contribution in [1.82, 2.24) is 4.86 Å². The van der Waals surface area contributed by atoms with Crippen LogP contribution in [-0.2, 0) is 0 Å². The Hall–Kier alpha value is -3.08. The largest absolute Gasteiger partial charge is 0.623 e. The monoisotopic (exact) mass is 582 g/mol. The first kappa shape index (κ1) is 28.9. The van der Waals surface area contributed by atoms with Gasteiger partial charge in [0.05, 0.1) is 0 Å². The minimum Gasteiger partial charge on any atom is -0.425 e. The molecule has 0 heterocycles. The van der Waals surface area contributed by atoms with Gasteiger partial charge >= 0.3 is 24.6 Å². The van der Waals surface area contributed by atoms with Crippen molar-refractivity contribution in [2.75, 3.05) is 0 Å². The highest BCUT2D eigenvalue weighted by Crippen LogP contribution is 2.65. The fraction of sp³-hybridized carbons (Fsp3) is 0.143. The van der Waals surface area contributed by atoms with Crippen molar-refractivity contribution < 1.29 is 18.1 Å². The Morgan fingerprint density at radius 3 is 1.26 bits per heavy atom. The van der Waals surface area contributed by atoms with Crippen LogP contribution in [0.2, 0.25) is 0 Å². The fourth-order valence-electron chi connectivity index (χ4n) is 3.50. The zero-order valence-corrected chi connectivity index (χ0v) is 25.0. The third-order valence-corrected chi connectivity index (χ3v) is 10.7. The third-order valence-electron chi connectivity index (χ3n) is 5.61. The van der Waals surface area contributed by atoms with Gasteiger partial charge in [-0.1, -0.05) is 72.8 Å². The van der Waals surface area contributed by atoms with Gasteiger partial charge in [-0.25, -0.2) is 0 Å². The van der Waals surface area contributed by atoms with Gasteiger partial charge in [0.1, 0.15) is 11.5 Å². The number of rotatable bonds is 11. The second kappa shape index (κ2) is 13.3. The molecule has 5 N–H and O–H groups in total. The number of para-hydroxylation sites is 4. The topological polar surface area (TPSA) is 113 Å². The van der Waals surface area contributed by atoms with Crippen LogP contribution in [0.5, 0.6) is 23.0 Å². The van der Waals surface area contributed by atoms with E-state index in [-0.39, 0.29) is 0 Å². The number of hydrogen-bond acceptors (Lipinski definition) is 6. The van der Waals surface area contributed by atoms with E-state index in [1.807, 2.05) is 125 Å². The van der Waals surface area contributed by atoms with Gasteiger partial charge in [-0.3, -0.25) is 9.05 Å². The zero-order chi connectivity index (χ0) is 27.8. The van der Waals surface area contributed by atoms with Gasteiger partial charge in [0.2, 0.25) is 0 Å². The van der Waals surface area contributed by atoms with Gasteiger partial charge in [0.25, 0.3) is 0 Å². The minimum absolute atomic E-state index is 0.578. The molecule has 4 rings (SSSR count). The molecule has 39 heavy (non-hydrogen) atoms. The number of aryl methyl sites for hydroxylation is 4. The molecule has 11 heteroatoms. The summed E-state index contributed by atoms with van der Waals surface area (Å²) in [5.41, 5.74) is 15.9. The molecule has 8 nitrogen and oxygen atoms in total. The van der Waals surface area contributed by atoms with Crippen molar-refractivity contribution in [3.63, 3.8) is 0 Å². The predicted molar refractivity (Wildman–Crippen MR) is 162 cm³/mol. The fourth-order valence-corrected chi connectivity index (χ4v) is 8.66. The maximum absolute atomic E-state index is 6.59. The number of hydrogen-bond donors (Lipinski definition) is 3. The number of nitrogens with zero attached hydrogens (tertiary/aromatic N) is 1. The summed E-state index contributed by atoms with van der Waals surface area (Å²) in [6.45, 7) is 7.83. The molecule has 0 spiro atoms. The molecule has 0 amide bonds. The summed E-state index contributed by atoms with van der Waals surface area (Å²) in [5.74, 6) is 2.46. The smallest absolute Gasteiger partial charge is 0.425 e. The molecule has 0 aliphatic rings. The Kier molecular flexibility index (Phi) is 9.88. The molecule has 0 atom stereocenters. The van der Waals surface area contributed by atoms with Crippen LogP contribution in [-0.4, -0.2) is 0 Å². The molecule has 0 saturated carbocycles. The lowest BCUT2D eigenvalue weighted by Crippen LogP contribution is -2.24. The maximum atomic E-state index is 6.59. The lowest BCUT2D eigenvalue weighted by molar-refractivity contribution is 0.438. The normalized spacial score (nSPS) is 11.2. The summed E-state index contributed by atoms with van der Waals surface area (Å²) in [5, 5.41) is 0. The summed E-state index contributed by atoms with van der Waals surface area (Å²) < 4.78 is 30.8. The molecular weight excluding hydrogens is 549 g/mol. The van der Waals surface area contributed by atoms with Crippen LogP contribution >= 0.6 is 24.6 Å². The molecule has 0 radical (unpaired) electrons. The Bertz CT molecular complexity index is 1350. The third kappa shape index (κ3) is 7.97. The second-order valence-corrected chi connectivity index (χ2v) is 13.3. The van der Waals surface area contributed by atoms with E-state index in [0.29, 0.717) is 23.0 Å². The van der Waals surface area contributed by atoms with E-state index in [4.69, 9.17) is 29.1 Å². The van der Waals surface area contributed by atoms with Crippen molar-refractivity contribution in [3.05, 3.63) is 119 Å². The highest BCUT2D eigenvalue weighted by molar-refractivity contribution is 7.75. The van der Waals surface area contributed by atoms with Crippen molar-refractivity contribution in [2.45, 2.75) is 27.7 Å². The summed E-state index contributed by atoms with van der Waals surface area (Å²) in [4.78, 5) is 3.38. The van der Waals surface area contributed by atoms with Gasteiger partial charge in [-0.15, -0.1) is 11.0 Å². The Morgan fingerprint density at radius 1 is 0.590 bits per heavy atom. The molecule has 0 fully saturated rings. The standard InChI is InChI=1S/C28H33N4O4P3/c1-21-13-5-9-17-25(21)33-38(34-26-18-10-6-14-22(26)2)32-39(31-37(29)30,35-27-19-11-7-15-23(27)3)36-28-20-12-8-16-24(28)4/h5-20,32H,1-4H3,(H4,29,30,31)/q+2. The highest BCUT2D eigenvalue weighted by Gasteiger charge is 2.57. The second-order valence-electron chi connectivity index (χ2n) is 8.77. The lowest BCUT2D eigenvalue weighted by Gasteiger charge is -2.23. The predicted octanol–water partition coefficient (Wildman–Crippen LogP) is 8.44. The van der Waals surface area contributed by atoms with Crippen LogP contribution in [0.25, 0.3) is 0 Å². The summed E-state index contributed by atoms with van der Waals surface area (Å²) >= 11 is 0. The average Bonchev–Trinajstić information content (AvgIpc) is 2.89. The van der Waals surface area contributed by atoms with Crippen LogP contribution < -0.4 is 34.0 Å². The van der Waals surface area contributed by atoms with Gasteiger partial charge in [0.15, 0.2) is 16.0 Å². The zero-order valence-electron chi connectivity index (χ0n) is 22.3. The molecular formula is C28H33N4O4P3+2. The van der Waals surface area contributed by atoms with Gasteiger partial charge in [0, 0.05) is 0 Å². The average molecular weight is 583 g/mol. The van der Waals surface area contributed by atoms with Gasteiger partial charge in [-0.05, 0) is 79.1 Å². The van der Waals surface area contributed by atoms with Crippen molar-refractivity contribution in [3.8, 4) is 23.0 Å². The van der Waals surface area contributed by atoms with E-state index >= 15 is 0 Å². The molecule has 0 bridgehead atoms. The minimum atomic E-state index is -3.48. The first-order chi connectivity index (χ1) is 18.7. The summed E-state index contributed by atoms with van der Waals surface area (Å²) in [6, 6.07) is 30.6. The number of nitrogens with one attached hydrogen (secondary N) is 1.